The molecule has 0 aromatic heterocycles. The molecule has 1 atom stereocenters. The zero-order chi connectivity index (χ0) is 12.0. The van der Waals surface area contributed by atoms with Gasteiger partial charge in [0, 0.05) is 12.2 Å². The van der Waals surface area contributed by atoms with E-state index in [1.165, 1.54) is 6.07 Å². The first kappa shape index (κ1) is 13.1. The van der Waals surface area contributed by atoms with Crippen molar-refractivity contribution in [2.75, 3.05) is 19.8 Å². The fourth-order valence-electron chi connectivity index (χ4n) is 1.52. The summed E-state index contributed by atoms with van der Waals surface area (Å²) < 4.78 is 31.8. The SMILES string of the molecule is CCNC(COCC)c1cc(F)ccc1F. The number of hydrogen-bond acceptors (Lipinski definition) is 2. The molecule has 0 heterocycles. The van der Waals surface area contributed by atoms with Crippen LogP contribution < -0.4 is 5.32 Å². The average Bonchev–Trinajstić information content (AvgIpc) is 2.28. The minimum atomic E-state index is -0.434. The summed E-state index contributed by atoms with van der Waals surface area (Å²) in [7, 11) is 0. The second kappa shape index (κ2) is 6.55. The number of likely N-dealkylation sites (N-methyl/N-ethyl adjacent to an activating group) is 1. The summed E-state index contributed by atoms with van der Waals surface area (Å²) in [6, 6.07) is 3.16. The second-order valence-electron chi connectivity index (χ2n) is 3.44. The first-order valence-corrected chi connectivity index (χ1v) is 5.45. The molecular weight excluding hydrogens is 212 g/mol. The van der Waals surface area contributed by atoms with Crippen LogP contribution in [-0.4, -0.2) is 19.8 Å². The van der Waals surface area contributed by atoms with E-state index in [1.54, 1.807) is 0 Å². The highest BCUT2D eigenvalue weighted by Gasteiger charge is 2.15. The van der Waals surface area contributed by atoms with Crippen molar-refractivity contribution in [3.63, 3.8) is 0 Å². The van der Waals surface area contributed by atoms with Crippen LogP contribution in [0.2, 0.25) is 0 Å². The summed E-state index contributed by atoms with van der Waals surface area (Å²) in [5, 5.41) is 3.07. The zero-order valence-electron chi connectivity index (χ0n) is 9.59. The fraction of sp³-hybridized carbons (Fsp3) is 0.500. The van der Waals surface area contributed by atoms with Gasteiger partial charge in [-0.25, -0.2) is 8.78 Å². The highest BCUT2D eigenvalue weighted by atomic mass is 19.1. The number of benzene rings is 1. The van der Waals surface area contributed by atoms with Crippen molar-refractivity contribution >= 4 is 0 Å². The molecule has 4 heteroatoms. The summed E-state index contributed by atoms with van der Waals surface area (Å²) >= 11 is 0. The van der Waals surface area contributed by atoms with E-state index in [4.69, 9.17) is 4.74 Å². The fourth-order valence-corrected chi connectivity index (χ4v) is 1.52. The first-order chi connectivity index (χ1) is 7.69. The minimum absolute atomic E-state index is 0.305. The predicted molar refractivity (Wildman–Crippen MR) is 59.3 cm³/mol. The van der Waals surface area contributed by atoms with E-state index in [0.29, 0.717) is 25.3 Å². The van der Waals surface area contributed by atoms with Gasteiger partial charge in [-0.3, -0.25) is 0 Å². The van der Waals surface area contributed by atoms with E-state index >= 15 is 0 Å². The molecule has 2 nitrogen and oxygen atoms in total. The van der Waals surface area contributed by atoms with Crippen LogP contribution in [0, 0.1) is 11.6 Å². The van der Waals surface area contributed by atoms with Crippen molar-refractivity contribution in [1.82, 2.24) is 5.32 Å². The third kappa shape index (κ3) is 3.54. The third-order valence-electron chi connectivity index (χ3n) is 2.27. The van der Waals surface area contributed by atoms with Gasteiger partial charge in [0.25, 0.3) is 0 Å². The van der Waals surface area contributed by atoms with Gasteiger partial charge in [-0.15, -0.1) is 0 Å². The molecule has 0 bridgehead atoms. The Morgan fingerprint density at radius 2 is 2.06 bits per heavy atom. The van der Waals surface area contributed by atoms with Crippen molar-refractivity contribution in [2.24, 2.45) is 0 Å². The Morgan fingerprint density at radius 3 is 2.69 bits per heavy atom. The van der Waals surface area contributed by atoms with Crippen LogP contribution in [0.4, 0.5) is 8.78 Å². The van der Waals surface area contributed by atoms with Gasteiger partial charge >= 0.3 is 0 Å². The van der Waals surface area contributed by atoms with E-state index < -0.39 is 11.6 Å². The van der Waals surface area contributed by atoms with Gasteiger partial charge in [0.05, 0.1) is 12.6 Å². The molecule has 0 aliphatic heterocycles. The molecule has 90 valence electrons. The molecule has 1 aromatic rings. The van der Waals surface area contributed by atoms with Crippen LogP contribution in [0.5, 0.6) is 0 Å². The molecule has 1 unspecified atom stereocenters. The van der Waals surface area contributed by atoms with E-state index in [0.717, 1.165) is 12.1 Å². The minimum Gasteiger partial charge on any atom is -0.380 e. The van der Waals surface area contributed by atoms with Crippen LogP contribution in [0.1, 0.15) is 25.5 Å². The van der Waals surface area contributed by atoms with Gasteiger partial charge in [0.1, 0.15) is 11.6 Å². The molecule has 1 rings (SSSR count). The molecule has 1 aromatic carbocycles. The van der Waals surface area contributed by atoms with E-state index in [2.05, 4.69) is 5.32 Å². The quantitative estimate of drug-likeness (QED) is 0.809. The molecule has 0 fully saturated rings. The van der Waals surface area contributed by atoms with Crippen LogP contribution in [0.3, 0.4) is 0 Å². The molecule has 0 amide bonds. The normalized spacial score (nSPS) is 12.8. The lowest BCUT2D eigenvalue weighted by molar-refractivity contribution is 0.122. The summed E-state index contributed by atoms with van der Waals surface area (Å²) in [4.78, 5) is 0. The topological polar surface area (TPSA) is 21.3 Å². The smallest absolute Gasteiger partial charge is 0.128 e. The van der Waals surface area contributed by atoms with Crippen molar-refractivity contribution in [1.29, 1.82) is 0 Å². The van der Waals surface area contributed by atoms with E-state index in [-0.39, 0.29) is 6.04 Å². The molecule has 0 spiro atoms. The Bertz CT molecular complexity index is 331. The van der Waals surface area contributed by atoms with Crippen molar-refractivity contribution < 1.29 is 13.5 Å². The molecular formula is C12H17F2NO. The number of halogens is 2. The Labute approximate surface area is 94.6 Å². The third-order valence-corrected chi connectivity index (χ3v) is 2.27. The van der Waals surface area contributed by atoms with Crippen LogP contribution in [0.25, 0.3) is 0 Å². The maximum absolute atomic E-state index is 13.5. The van der Waals surface area contributed by atoms with Gasteiger partial charge in [0.2, 0.25) is 0 Å². The summed E-state index contributed by atoms with van der Waals surface area (Å²) in [6.07, 6.45) is 0. The number of nitrogens with one attached hydrogen (secondary N) is 1. The van der Waals surface area contributed by atoms with Gasteiger partial charge < -0.3 is 10.1 Å². The predicted octanol–water partition coefficient (Wildman–Crippen LogP) is 2.65. The lowest BCUT2D eigenvalue weighted by Crippen LogP contribution is -2.26. The average molecular weight is 229 g/mol. The standard InChI is InChI=1S/C12H17F2NO/c1-3-15-12(8-16-4-2)10-7-9(13)5-6-11(10)14/h5-7,12,15H,3-4,8H2,1-2H3. The largest absolute Gasteiger partial charge is 0.380 e. The van der Waals surface area contributed by atoms with Crippen LogP contribution in [0.15, 0.2) is 18.2 Å². The summed E-state index contributed by atoms with van der Waals surface area (Å²) in [5.41, 5.74) is 0.315. The molecule has 0 saturated carbocycles. The number of hydrogen-bond donors (Lipinski definition) is 1. The van der Waals surface area contributed by atoms with Gasteiger partial charge in [-0.2, -0.15) is 0 Å². The lowest BCUT2D eigenvalue weighted by atomic mass is 10.1. The van der Waals surface area contributed by atoms with Crippen molar-refractivity contribution in [3.05, 3.63) is 35.4 Å². The molecule has 0 aliphatic carbocycles. The molecule has 0 saturated heterocycles. The Kier molecular flexibility index (Phi) is 5.35. The molecule has 1 N–H and O–H groups in total. The first-order valence-electron chi connectivity index (χ1n) is 5.45. The summed E-state index contributed by atoms with van der Waals surface area (Å²) in [5.74, 6) is -0.845. The Morgan fingerprint density at radius 1 is 1.31 bits per heavy atom. The summed E-state index contributed by atoms with van der Waals surface area (Å²) in [6.45, 7) is 5.35. The Balaban J connectivity index is 2.85. The highest BCUT2D eigenvalue weighted by molar-refractivity contribution is 5.22. The zero-order valence-corrected chi connectivity index (χ0v) is 9.59. The molecule has 0 radical (unpaired) electrons. The van der Waals surface area contributed by atoms with Crippen molar-refractivity contribution in [2.45, 2.75) is 19.9 Å². The highest BCUT2D eigenvalue weighted by Crippen LogP contribution is 2.18. The maximum Gasteiger partial charge on any atom is 0.128 e. The Hall–Kier alpha value is -1.00. The number of ether oxygens (including phenoxy) is 1. The monoisotopic (exact) mass is 229 g/mol. The van der Waals surface area contributed by atoms with Gasteiger partial charge in [-0.05, 0) is 31.7 Å². The maximum atomic E-state index is 13.5. The number of rotatable bonds is 6. The van der Waals surface area contributed by atoms with E-state index in [9.17, 15) is 8.78 Å². The lowest BCUT2D eigenvalue weighted by Gasteiger charge is -2.18. The van der Waals surface area contributed by atoms with Crippen molar-refractivity contribution in [3.8, 4) is 0 Å². The second-order valence-corrected chi connectivity index (χ2v) is 3.44. The van der Waals surface area contributed by atoms with Gasteiger partial charge in [0.15, 0.2) is 0 Å². The van der Waals surface area contributed by atoms with Crippen LogP contribution in [-0.2, 0) is 4.74 Å². The molecule has 0 aliphatic rings. The molecule has 16 heavy (non-hydrogen) atoms. The van der Waals surface area contributed by atoms with Gasteiger partial charge in [-0.1, -0.05) is 6.92 Å². The van der Waals surface area contributed by atoms with E-state index in [1.807, 2.05) is 13.8 Å². The van der Waals surface area contributed by atoms with Crippen LogP contribution >= 0.6 is 0 Å².